The molecule has 2 saturated carbocycles. The third-order valence-electron chi connectivity index (χ3n) is 5.85. The summed E-state index contributed by atoms with van der Waals surface area (Å²) >= 11 is 9.62. The van der Waals surface area contributed by atoms with Crippen LogP contribution in [0.2, 0.25) is 5.02 Å². The van der Waals surface area contributed by atoms with E-state index in [4.69, 9.17) is 11.6 Å². The number of rotatable bonds is 3. The fourth-order valence-corrected chi connectivity index (χ4v) is 5.15. The average molecular weight is 447 g/mol. The van der Waals surface area contributed by atoms with Gasteiger partial charge in [-0.05, 0) is 48.9 Å². The van der Waals surface area contributed by atoms with Crippen molar-refractivity contribution in [3.63, 3.8) is 0 Å². The lowest BCUT2D eigenvalue weighted by Crippen LogP contribution is -2.33. The molecule has 5 nitrogen and oxygen atoms in total. The number of aromatic nitrogens is 2. The quantitative estimate of drug-likeness (QED) is 0.643. The molecule has 138 valence electrons. The molecule has 27 heavy (non-hydrogen) atoms. The number of benzene rings is 1. The molecule has 3 aromatic rings. The van der Waals surface area contributed by atoms with Gasteiger partial charge in [0, 0.05) is 27.8 Å². The summed E-state index contributed by atoms with van der Waals surface area (Å²) in [7, 11) is 0. The Labute approximate surface area is 169 Å². The van der Waals surface area contributed by atoms with Gasteiger partial charge >= 0.3 is 0 Å². The van der Waals surface area contributed by atoms with Crippen LogP contribution in [-0.4, -0.2) is 26.4 Å². The highest BCUT2D eigenvalue weighted by Crippen LogP contribution is 2.60. The van der Waals surface area contributed by atoms with Crippen LogP contribution in [0.3, 0.4) is 0 Å². The molecule has 2 N–H and O–H groups in total. The van der Waals surface area contributed by atoms with E-state index >= 15 is 0 Å². The molecular weight excluding hydrogens is 430 g/mol. The van der Waals surface area contributed by atoms with E-state index in [9.17, 15) is 9.90 Å². The first kappa shape index (κ1) is 17.2. The number of nitrogens with one attached hydrogen (secondary N) is 1. The van der Waals surface area contributed by atoms with Crippen LogP contribution in [0.15, 0.2) is 53.5 Å². The summed E-state index contributed by atoms with van der Waals surface area (Å²) in [4.78, 5) is 16.6. The summed E-state index contributed by atoms with van der Waals surface area (Å²) in [6.07, 6.45) is 6.45. The van der Waals surface area contributed by atoms with Gasteiger partial charge in [-0.3, -0.25) is 4.79 Å². The van der Waals surface area contributed by atoms with Crippen LogP contribution in [0, 0.1) is 11.8 Å². The Morgan fingerprint density at radius 1 is 1.33 bits per heavy atom. The number of amides is 1. The molecule has 0 saturated heterocycles. The molecule has 0 radical (unpaired) electrons. The van der Waals surface area contributed by atoms with Crippen LogP contribution in [-0.2, 0) is 5.60 Å². The van der Waals surface area contributed by atoms with E-state index in [0.29, 0.717) is 23.4 Å². The van der Waals surface area contributed by atoms with Gasteiger partial charge in [-0.1, -0.05) is 33.6 Å². The Balaban J connectivity index is 1.33. The molecule has 0 aliphatic heterocycles. The molecule has 2 aliphatic carbocycles. The van der Waals surface area contributed by atoms with Crippen molar-refractivity contribution in [3.8, 4) is 0 Å². The maximum Gasteiger partial charge on any atom is 0.251 e. The molecule has 2 heterocycles. The number of nitrogens with zero attached hydrogens (tertiary/aromatic N) is 2. The molecule has 0 unspecified atom stereocenters. The van der Waals surface area contributed by atoms with Gasteiger partial charge < -0.3 is 14.8 Å². The minimum absolute atomic E-state index is 0.0693. The maximum absolute atomic E-state index is 12.5. The second-order valence-electron chi connectivity index (χ2n) is 7.54. The number of hydrogen-bond donors (Lipinski definition) is 2. The first-order valence-electron chi connectivity index (χ1n) is 8.85. The van der Waals surface area contributed by atoms with Crippen LogP contribution < -0.4 is 5.32 Å². The van der Waals surface area contributed by atoms with Gasteiger partial charge in [0.05, 0.1) is 28.7 Å². The maximum atomic E-state index is 12.5. The number of imidazole rings is 1. The lowest BCUT2D eigenvalue weighted by Gasteiger charge is -2.27. The monoisotopic (exact) mass is 445 g/mol. The largest absolute Gasteiger partial charge is 0.385 e. The summed E-state index contributed by atoms with van der Waals surface area (Å²) in [5.74, 6) is 0.501. The van der Waals surface area contributed by atoms with E-state index < -0.39 is 5.60 Å². The standard InChI is InChI=1S/C20H17BrClN3O2/c21-12-3-1-2-11(4-12)19(26)24-18-14-6-20(27,7-15(14)18)16-5-13(22)9-25-10-23-8-17(16)25/h1-5,8-10,14-15,18,27H,6-7H2,(H,24,26)/t14-,15+,18-,20+. The van der Waals surface area contributed by atoms with E-state index in [1.165, 1.54) is 0 Å². The number of carbonyl (C=O) groups is 1. The predicted molar refractivity (Wildman–Crippen MR) is 106 cm³/mol. The Kier molecular flexibility index (Phi) is 3.86. The van der Waals surface area contributed by atoms with E-state index in [2.05, 4.69) is 26.2 Å². The van der Waals surface area contributed by atoms with Crippen molar-refractivity contribution in [1.82, 2.24) is 14.7 Å². The number of fused-ring (bicyclic) bond motifs is 2. The van der Waals surface area contributed by atoms with Crippen molar-refractivity contribution in [3.05, 3.63) is 69.7 Å². The number of hydrogen-bond acceptors (Lipinski definition) is 3. The average Bonchev–Trinajstić information content (AvgIpc) is 3.01. The van der Waals surface area contributed by atoms with Crippen molar-refractivity contribution in [1.29, 1.82) is 0 Å². The fraction of sp³-hybridized carbons (Fsp3) is 0.300. The molecule has 0 bridgehead atoms. The second kappa shape index (κ2) is 6.06. The molecule has 2 aliphatic rings. The number of pyridine rings is 1. The van der Waals surface area contributed by atoms with E-state index in [-0.39, 0.29) is 23.8 Å². The molecule has 5 rings (SSSR count). The summed E-state index contributed by atoms with van der Waals surface area (Å²) < 4.78 is 2.72. The highest BCUT2D eigenvalue weighted by Gasteiger charge is 2.62. The molecule has 1 amide bonds. The van der Waals surface area contributed by atoms with Gasteiger partial charge in [0.1, 0.15) is 0 Å². The van der Waals surface area contributed by atoms with Crippen LogP contribution >= 0.6 is 27.5 Å². The molecule has 2 aromatic heterocycles. The normalized spacial score (nSPS) is 28.9. The molecule has 1 aromatic carbocycles. The Bertz CT molecular complexity index is 1050. The smallest absolute Gasteiger partial charge is 0.251 e. The van der Waals surface area contributed by atoms with Crippen LogP contribution in [0.5, 0.6) is 0 Å². The Morgan fingerprint density at radius 2 is 2.11 bits per heavy atom. The molecule has 7 heteroatoms. The van der Waals surface area contributed by atoms with Gasteiger partial charge in [-0.2, -0.15) is 0 Å². The highest BCUT2D eigenvalue weighted by molar-refractivity contribution is 9.10. The van der Waals surface area contributed by atoms with Gasteiger partial charge in [0.25, 0.3) is 5.91 Å². The minimum atomic E-state index is -0.932. The number of aliphatic hydroxyl groups is 1. The zero-order chi connectivity index (χ0) is 18.8. The van der Waals surface area contributed by atoms with Crippen molar-refractivity contribution in [2.75, 3.05) is 0 Å². The summed E-state index contributed by atoms with van der Waals surface area (Å²) in [6, 6.07) is 9.31. The summed E-state index contributed by atoms with van der Waals surface area (Å²) in [5.41, 5.74) is 1.40. The van der Waals surface area contributed by atoms with Crippen LogP contribution in [0.25, 0.3) is 5.52 Å². The van der Waals surface area contributed by atoms with Gasteiger partial charge in [-0.25, -0.2) is 4.98 Å². The van der Waals surface area contributed by atoms with Gasteiger partial charge in [-0.15, -0.1) is 0 Å². The molecule has 2 fully saturated rings. The lowest BCUT2D eigenvalue weighted by molar-refractivity contribution is 0.0289. The summed E-state index contributed by atoms with van der Waals surface area (Å²) in [5, 5.41) is 15.0. The van der Waals surface area contributed by atoms with Crippen LogP contribution in [0.1, 0.15) is 28.8 Å². The third-order valence-corrected chi connectivity index (χ3v) is 6.55. The van der Waals surface area contributed by atoms with Crippen molar-refractivity contribution in [2.45, 2.75) is 24.5 Å². The Hall–Kier alpha value is -1.89. The zero-order valence-electron chi connectivity index (χ0n) is 14.3. The first-order valence-corrected chi connectivity index (χ1v) is 10.0. The van der Waals surface area contributed by atoms with Gasteiger partial charge in [0.15, 0.2) is 0 Å². The second-order valence-corrected chi connectivity index (χ2v) is 8.89. The van der Waals surface area contributed by atoms with E-state index in [1.54, 1.807) is 24.8 Å². The summed E-state index contributed by atoms with van der Waals surface area (Å²) in [6.45, 7) is 0. The third kappa shape index (κ3) is 2.87. The first-order chi connectivity index (χ1) is 12.9. The zero-order valence-corrected chi connectivity index (χ0v) is 16.6. The minimum Gasteiger partial charge on any atom is -0.385 e. The topological polar surface area (TPSA) is 66.6 Å². The lowest BCUT2D eigenvalue weighted by atomic mass is 9.88. The van der Waals surface area contributed by atoms with Crippen molar-refractivity contribution in [2.24, 2.45) is 11.8 Å². The molecular formula is C20H17BrClN3O2. The van der Waals surface area contributed by atoms with Crippen molar-refractivity contribution < 1.29 is 9.90 Å². The SMILES string of the molecule is O=C(N[C@@H]1[C@@H]2C[C@@](O)(c3cc(Cl)cn4cncc34)C[C@@H]21)c1cccc(Br)c1. The Morgan fingerprint density at radius 3 is 2.85 bits per heavy atom. The van der Waals surface area contributed by atoms with E-state index in [1.807, 2.05) is 28.7 Å². The van der Waals surface area contributed by atoms with E-state index in [0.717, 1.165) is 15.6 Å². The van der Waals surface area contributed by atoms with Gasteiger partial charge in [0.2, 0.25) is 0 Å². The number of carbonyl (C=O) groups excluding carboxylic acids is 1. The van der Waals surface area contributed by atoms with Crippen LogP contribution in [0.4, 0.5) is 0 Å². The molecule has 4 atom stereocenters. The fourth-order valence-electron chi connectivity index (χ4n) is 4.53. The number of halogens is 2. The predicted octanol–water partition coefficient (Wildman–Crippen LogP) is 3.78. The molecule has 0 spiro atoms. The van der Waals surface area contributed by atoms with Crippen molar-refractivity contribution >= 4 is 39.0 Å². The highest BCUT2D eigenvalue weighted by atomic mass is 79.9.